The van der Waals surface area contributed by atoms with Gasteiger partial charge in [-0.25, -0.2) is 4.79 Å². The van der Waals surface area contributed by atoms with Gasteiger partial charge in [-0.1, -0.05) is 13.8 Å². The van der Waals surface area contributed by atoms with Crippen LogP contribution in [0.2, 0.25) is 0 Å². The highest BCUT2D eigenvalue weighted by Crippen LogP contribution is 2.11. The Labute approximate surface area is 63.4 Å². The average molecular weight is 167 g/mol. The fourth-order valence-corrected chi connectivity index (χ4v) is 0.408. The molecule has 0 rings (SSSR count). The molecule has 66 valence electrons. The molecule has 2 N–H and O–H groups in total. The largest absolute Gasteiger partial charge is 0.477 e. The van der Waals surface area contributed by atoms with Crippen LogP contribution in [0, 0.1) is 0 Å². The number of halogens is 2. The van der Waals surface area contributed by atoms with E-state index in [9.17, 15) is 13.6 Å². The first-order valence-electron chi connectivity index (χ1n) is 3.21. The van der Waals surface area contributed by atoms with Gasteiger partial charge in [0, 0.05) is 6.04 Å². The van der Waals surface area contributed by atoms with Gasteiger partial charge in [-0.15, -0.1) is 0 Å². The lowest BCUT2D eigenvalue weighted by Crippen LogP contribution is -2.42. The van der Waals surface area contributed by atoms with Gasteiger partial charge >= 0.3 is 11.9 Å². The number of carboxylic acid groups (broad SMARTS) is 1. The summed E-state index contributed by atoms with van der Waals surface area (Å²) in [5, 5.41) is 10.3. The minimum Gasteiger partial charge on any atom is -0.477 e. The number of carbonyl (C=O) groups is 1. The topological polar surface area (TPSA) is 49.3 Å². The van der Waals surface area contributed by atoms with E-state index in [0.717, 1.165) is 0 Å². The number of carboxylic acids is 1. The standard InChI is InChI=1S/C6H11F2NO2/c1-4(2)9-3-6(7,8)5(10)11/h4,9H,3H2,1-2H3,(H,10,11). The smallest absolute Gasteiger partial charge is 0.375 e. The number of rotatable bonds is 4. The van der Waals surface area contributed by atoms with Gasteiger partial charge in [0.05, 0.1) is 6.54 Å². The summed E-state index contributed by atoms with van der Waals surface area (Å²) in [6.07, 6.45) is 0. The highest BCUT2D eigenvalue weighted by atomic mass is 19.3. The van der Waals surface area contributed by atoms with Crippen molar-refractivity contribution in [2.45, 2.75) is 25.8 Å². The maximum Gasteiger partial charge on any atom is 0.375 e. The normalized spacial score (nSPS) is 12.1. The van der Waals surface area contributed by atoms with Crippen LogP contribution in [-0.4, -0.2) is 29.6 Å². The van der Waals surface area contributed by atoms with E-state index in [0.29, 0.717) is 0 Å². The molecule has 0 heterocycles. The lowest BCUT2D eigenvalue weighted by atomic mass is 10.3. The van der Waals surface area contributed by atoms with Crippen molar-refractivity contribution in [3.63, 3.8) is 0 Å². The Bertz CT molecular complexity index is 148. The number of alkyl halides is 2. The van der Waals surface area contributed by atoms with Gasteiger partial charge in [0.2, 0.25) is 0 Å². The van der Waals surface area contributed by atoms with Crippen LogP contribution >= 0.6 is 0 Å². The highest BCUT2D eigenvalue weighted by molar-refractivity contribution is 5.75. The molecule has 0 aromatic heterocycles. The van der Waals surface area contributed by atoms with Crippen LogP contribution < -0.4 is 5.32 Å². The van der Waals surface area contributed by atoms with E-state index < -0.39 is 18.4 Å². The number of hydrogen-bond acceptors (Lipinski definition) is 2. The molecular formula is C6H11F2NO2. The maximum atomic E-state index is 12.2. The van der Waals surface area contributed by atoms with Gasteiger partial charge in [0.15, 0.2) is 0 Å². The molecule has 0 aliphatic rings. The van der Waals surface area contributed by atoms with E-state index >= 15 is 0 Å². The minimum atomic E-state index is -3.66. The second-order valence-electron chi connectivity index (χ2n) is 2.55. The summed E-state index contributed by atoms with van der Waals surface area (Å²) in [4.78, 5) is 9.84. The third kappa shape index (κ3) is 3.87. The van der Waals surface area contributed by atoms with Crippen molar-refractivity contribution >= 4 is 5.97 Å². The van der Waals surface area contributed by atoms with Crippen LogP contribution in [0.5, 0.6) is 0 Å². The maximum absolute atomic E-state index is 12.2. The van der Waals surface area contributed by atoms with Crippen molar-refractivity contribution < 1.29 is 18.7 Å². The predicted octanol–water partition coefficient (Wildman–Crippen LogP) is 0.704. The Morgan fingerprint density at radius 2 is 2.09 bits per heavy atom. The van der Waals surface area contributed by atoms with Crippen molar-refractivity contribution in [3.8, 4) is 0 Å². The van der Waals surface area contributed by atoms with E-state index in [-0.39, 0.29) is 6.04 Å². The summed E-state index contributed by atoms with van der Waals surface area (Å²) in [6, 6.07) is -0.139. The van der Waals surface area contributed by atoms with Crippen LogP contribution in [0.25, 0.3) is 0 Å². The predicted molar refractivity (Wildman–Crippen MR) is 35.7 cm³/mol. The Hall–Kier alpha value is -0.710. The SMILES string of the molecule is CC(C)NCC(F)(F)C(=O)O. The Morgan fingerprint density at radius 3 is 2.36 bits per heavy atom. The lowest BCUT2D eigenvalue weighted by molar-refractivity contribution is -0.164. The van der Waals surface area contributed by atoms with Crippen LogP contribution in [0.4, 0.5) is 8.78 Å². The quantitative estimate of drug-likeness (QED) is 0.648. The summed E-state index contributed by atoms with van der Waals surface area (Å²) in [5.41, 5.74) is 0. The molecule has 0 saturated heterocycles. The Balaban J connectivity index is 3.83. The summed E-state index contributed by atoms with van der Waals surface area (Å²) < 4.78 is 24.5. The summed E-state index contributed by atoms with van der Waals surface area (Å²) in [7, 11) is 0. The van der Waals surface area contributed by atoms with Crippen LogP contribution in [0.15, 0.2) is 0 Å². The van der Waals surface area contributed by atoms with Crippen molar-refractivity contribution in [2.75, 3.05) is 6.54 Å². The van der Waals surface area contributed by atoms with Gasteiger partial charge < -0.3 is 10.4 Å². The molecule has 0 saturated carbocycles. The summed E-state index contributed by atoms with van der Waals surface area (Å²) >= 11 is 0. The molecule has 11 heavy (non-hydrogen) atoms. The molecule has 0 radical (unpaired) electrons. The molecule has 0 atom stereocenters. The molecule has 0 aliphatic carbocycles. The van der Waals surface area contributed by atoms with Crippen molar-refractivity contribution in [2.24, 2.45) is 0 Å². The van der Waals surface area contributed by atoms with Gasteiger partial charge in [-0.3, -0.25) is 0 Å². The van der Waals surface area contributed by atoms with E-state index in [4.69, 9.17) is 5.11 Å². The van der Waals surface area contributed by atoms with Crippen molar-refractivity contribution in [1.82, 2.24) is 5.32 Å². The fraction of sp³-hybridized carbons (Fsp3) is 0.833. The number of aliphatic carboxylic acids is 1. The second kappa shape index (κ2) is 3.61. The average Bonchev–Trinajstić information content (AvgIpc) is 1.84. The van der Waals surface area contributed by atoms with Gasteiger partial charge in [-0.2, -0.15) is 8.78 Å². The first kappa shape index (κ1) is 10.3. The monoisotopic (exact) mass is 167 g/mol. The first-order valence-corrected chi connectivity index (χ1v) is 3.21. The zero-order valence-corrected chi connectivity index (χ0v) is 6.40. The van der Waals surface area contributed by atoms with E-state index in [1.54, 1.807) is 13.8 Å². The summed E-state index contributed by atoms with van der Waals surface area (Å²) in [5.74, 6) is -5.75. The van der Waals surface area contributed by atoms with Gasteiger partial charge in [-0.05, 0) is 0 Å². The van der Waals surface area contributed by atoms with E-state index in [2.05, 4.69) is 5.32 Å². The molecule has 5 heteroatoms. The van der Waals surface area contributed by atoms with Crippen LogP contribution in [-0.2, 0) is 4.79 Å². The molecule has 0 amide bonds. The molecular weight excluding hydrogens is 156 g/mol. The minimum absolute atomic E-state index is 0.139. The molecule has 0 aliphatic heterocycles. The Morgan fingerprint density at radius 1 is 1.64 bits per heavy atom. The number of nitrogens with one attached hydrogen (secondary N) is 1. The zero-order chi connectivity index (χ0) is 9.07. The van der Waals surface area contributed by atoms with Gasteiger partial charge in [0.1, 0.15) is 0 Å². The zero-order valence-electron chi connectivity index (χ0n) is 6.40. The van der Waals surface area contributed by atoms with Crippen molar-refractivity contribution in [1.29, 1.82) is 0 Å². The molecule has 0 unspecified atom stereocenters. The molecule has 0 spiro atoms. The molecule has 0 bridgehead atoms. The second-order valence-corrected chi connectivity index (χ2v) is 2.55. The van der Waals surface area contributed by atoms with Crippen LogP contribution in [0.3, 0.4) is 0 Å². The third-order valence-electron chi connectivity index (χ3n) is 1.05. The summed E-state index contributed by atoms with van der Waals surface area (Å²) in [6.45, 7) is 2.51. The van der Waals surface area contributed by atoms with Gasteiger partial charge in [0.25, 0.3) is 0 Å². The third-order valence-corrected chi connectivity index (χ3v) is 1.05. The number of hydrogen-bond donors (Lipinski definition) is 2. The first-order chi connectivity index (χ1) is 4.86. The van der Waals surface area contributed by atoms with E-state index in [1.165, 1.54) is 0 Å². The van der Waals surface area contributed by atoms with E-state index in [1.807, 2.05) is 0 Å². The van der Waals surface area contributed by atoms with Crippen LogP contribution in [0.1, 0.15) is 13.8 Å². The lowest BCUT2D eigenvalue weighted by Gasteiger charge is -2.13. The van der Waals surface area contributed by atoms with Crippen molar-refractivity contribution in [3.05, 3.63) is 0 Å². The Kier molecular flexibility index (Phi) is 3.38. The molecule has 3 nitrogen and oxygen atoms in total. The molecule has 0 fully saturated rings. The molecule has 0 aromatic carbocycles. The fourth-order valence-electron chi connectivity index (χ4n) is 0.408. The highest BCUT2D eigenvalue weighted by Gasteiger charge is 2.38. The molecule has 0 aromatic rings.